The molecule has 4 aromatic rings. The summed E-state index contributed by atoms with van der Waals surface area (Å²) in [5, 5.41) is 10.3. The highest BCUT2D eigenvalue weighted by atomic mass is 19.1. The Kier molecular flexibility index (Phi) is 6.13. The Morgan fingerprint density at radius 2 is 1.85 bits per heavy atom. The number of halogens is 2. The molecule has 10 nitrogen and oxygen atoms in total. The third kappa shape index (κ3) is 4.65. The molecular weight excluding hydrogens is 450 g/mol. The fourth-order valence-corrected chi connectivity index (χ4v) is 3.03. The second-order valence-electron chi connectivity index (χ2n) is 7.41. The molecule has 1 amide bonds. The van der Waals surface area contributed by atoms with Crippen molar-refractivity contribution in [3.8, 4) is 17.2 Å². The molecule has 0 spiro atoms. The Balaban J connectivity index is 1.53. The van der Waals surface area contributed by atoms with Gasteiger partial charge >= 0.3 is 5.69 Å². The monoisotopic (exact) mass is 468 g/mol. The fourth-order valence-electron chi connectivity index (χ4n) is 3.03. The molecule has 0 aliphatic heterocycles. The minimum Gasteiger partial charge on any atom is -0.339 e. The summed E-state index contributed by atoms with van der Waals surface area (Å²) in [6, 6.07) is 9.31. The number of nitrogens with zero attached hydrogens (tertiary/aromatic N) is 5. The molecular formula is C22H18F2N6O4. The lowest BCUT2D eigenvalue weighted by molar-refractivity contribution is -0.116. The maximum atomic E-state index is 13.6. The highest BCUT2D eigenvalue weighted by molar-refractivity contribution is 5.90. The van der Waals surface area contributed by atoms with Gasteiger partial charge < -0.3 is 9.84 Å². The molecule has 2 aromatic carbocycles. The smallest absolute Gasteiger partial charge is 0.339 e. The molecule has 1 N–H and O–H groups in total. The topological polar surface area (TPSA) is 125 Å². The molecule has 0 saturated heterocycles. The lowest BCUT2D eigenvalue weighted by Gasteiger charge is -2.07. The highest BCUT2D eigenvalue weighted by Gasteiger charge is 2.19. The third-order valence-electron chi connectivity index (χ3n) is 4.95. The quantitative estimate of drug-likeness (QED) is 0.460. The Bertz CT molecular complexity index is 1490. The Labute approximate surface area is 190 Å². The number of carbonyl (C=O) groups is 1. The van der Waals surface area contributed by atoms with Crippen LogP contribution in [-0.4, -0.2) is 30.4 Å². The number of aromatic nitrogens is 5. The zero-order valence-corrected chi connectivity index (χ0v) is 18.1. The Morgan fingerprint density at radius 1 is 1.12 bits per heavy atom. The van der Waals surface area contributed by atoms with E-state index in [0.717, 1.165) is 21.4 Å². The largest absolute Gasteiger partial charge is 0.351 e. The van der Waals surface area contributed by atoms with Crippen molar-refractivity contribution in [1.29, 1.82) is 0 Å². The van der Waals surface area contributed by atoms with E-state index in [-0.39, 0.29) is 35.9 Å². The van der Waals surface area contributed by atoms with Crippen LogP contribution in [0.4, 0.5) is 14.5 Å². The molecule has 0 unspecified atom stereocenters. The van der Waals surface area contributed by atoms with Crippen LogP contribution in [0.3, 0.4) is 0 Å². The first kappa shape index (κ1) is 22.7. The number of benzene rings is 2. The lowest BCUT2D eigenvalue weighted by Crippen LogP contribution is -2.40. The van der Waals surface area contributed by atoms with Crippen molar-refractivity contribution in [3.05, 3.63) is 86.4 Å². The average Bonchev–Trinajstić information content (AvgIpc) is 3.28. The first-order chi connectivity index (χ1) is 16.2. The van der Waals surface area contributed by atoms with Crippen LogP contribution in [0.15, 0.2) is 56.6 Å². The zero-order chi connectivity index (χ0) is 24.4. The second-order valence-corrected chi connectivity index (χ2v) is 7.41. The van der Waals surface area contributed by atoms with Gasteiger partial charge in [-0.25, -0.2) is 13.6 Å². The number of rotatable bonds is 6. The number of hydrogen-bond acceptors (Lipinski definition) is 7. The van der Waals surface area contributed by atoms with Crippen LogP contribution in [0.25, 0.3) is 17.2 Å². The van der Waals surface area contributed by atoms with Crippen molar-refractivity contribution in [2.45, 2.75) is 19.8 Å². The van der Waals surface area contributed by atoms with Crippen molar-refractivity contribution in [2.24, 2.45) is 7.05 Å². The number of nitrogens with one attached hydrogen (secondary N) is 1. The predicted octanol–water partition coefficient (Wildman–Crippen LogP) is 2.14. The summed E-state index contributed by atoms with van der Waals surface area (Å²) >= 11 is 0. The van der Waals surface area contributed by atoms with Gasteiger partial charge in [-0.05, 0) is 48.9 Å². The third-order valence-corrected chi connectivity index (χ3v) is 4.95. The molecule has 0 bridgehead atoms. The van der Waals surface area contributed by atoms with Crippen molar-refractivity contribution >= 4 is 11.6 Å². The molecule has 0 fully saturated rings. The van der Waals surface area contributed by atoms with Crippen LogP contribution in [0.5, 0.6) is 0 Å². The van der Waals surface area contributed by atoms with E-state index in [2.05, 4.69) is 20.6 Å². The van der Waals surface area contributed by atoms with Gasteiger partial charge in [0.25, 0.3) is 5.56 Å². The van der Waals surface area contributed by atoms with Crippen LogP contribution < -0.4 is 16.6 Å². The molecule has 174 valence electrons. The SMILES string of the molecule is Cc1ccc(NC(=O)CCc2nc(-c3nn(-c4ccc(F)cc4)c(=O)n(C)c3=O)no2)cc1F. The molecule has 0 aliphatic carbocycles. The molecule has 0 aliphatic rings. The van der Waals surface area contributed by atoms with E-state index < -0.39 is 28.8 Å². The van der Waals surface area contributed by atoms with Gasteiger partial charge in [0.2, 0.25) is 17.6 Å². The van der Waals surface area contributed by atoms with E-state index in [4.69, 9.17) is 4.52 Å². The minimum atomic E-state index is -0.755. The number of hydrogen-bond donors (Lipinski definition) is 1. The van der Waals surface area contributed by atoms with Crippen molar-refractivity contribution in [3.63, 3.8) is 0 Å². The van der Waals surface area contributed by atoms with Crippen LogP contribution in [0.1, 0.15) is 17.9 Å². The maximum Gasteiger partial charge on any atom is 0.351 e. The summed E-state index contributed by atoms with van der Waals surface area (Å²) in [4.78, 5) is 41.3. The molecule has 4 rings (SSSR count). The van der Waals surface area contributed by atoms with E-state index in [1.165, 1.54) is 25.2 Å². The van der Waals surface area contributed by atoms with E-state index in [1.807, 2.05) is 0 Å². The van der Waals surface area contributed by atoms with Gasteiger partial charge in [-0.1, -0.05) is 11.2 Å². The Hall–Kier alpha value is -4.48. The van der Waals surface area contributed by atoms with Gasteiger partial charge in [0, 0.05) is 25.6 Å². The summed E-state index contributed by atoms with van der Waals surface area (Å²) in [6.07, 6.45) is 0.00272. The second kappa shape index (κ2) is 9.17. The zero-order valence-electron chi connectivity index (χ0n) is 18.1. The van der Waals surface area contributed by atoms with E-state index in [9.17, 15) is 23.2 Å². The van der Waals surface area contributed by atoms with Crippen LogP contribution in [0, 0.1) is 18.6 Å². The fraction of sp³-hybridized carbons (Fsp3) is 0.182. The van der Waals surface area contributed by atoms with E-state index in [1.54, 1.807) is 19.1 Å². The molecule has 2 heterocycles. The number of anilines is 1. The first-order valence-corrected chi connectivity index (χ1v) is 10.1. The molecule has 0 atom stereocenters. The molecule has 0 saturated carbocycles. The normalized spacial score (nSPS) is 10.9. The van der Waals surface area contributed by atoms with Gasteiger partial charge in [-0.15, -0.1) is 0 Å². The van der Waals surface area contributed by atoms with Crippen molar-refractivity contribution in [1.82, 2.24) is 24.5 Å². The van der Waals surface area contributed by atoms with E-state index >= 15 is 0 Å². The molecule has 0 radical (unpaired) electrons. The standard InChI is InChI=1S/C22H18F2N6O4/c1-12-3-6-14(11-16(12)24)25-17(31)9-10-18-26-20(28-34-18)19-21(32)29(2)22(33)30(27-19)15-7-4-13(23)5-8-15/h3-8,11H,9-10H2,1-2H3,(H,25,31). The summed E-state index contributed by atoms with van der Waals surface area (Å²) in [6.45, 7) is 1.61. The lowest BCUT2D eigenvalue weighted by atomic mass is 10.2. The number of amides is 1. The summed E-state index contributed by atoms with van der Waals surface area (Å²) in [5.41, 5.74) is -0.753. The van der Waals surface area contributed by atoms with Gasteiger partial charge in [-0.3, -0.25) is 14.2 Å². The summed E-state index contributed by atoms with van der Waals surface area (Å²) in [7, 11) is 1.26. The summed E-state index contributed by atoms with van der Waals surface area (Å²) in [5.74, 6) is -1.45. The highest BCUT2D eigenvalue weighted by Crippen LogP contribution is 2.15. The Morgan fingerprint density at radius 3 is 2.56 bits per heavy atom. The van der Waals surface area contributed by atoms with Crippen LogP contribution >= 0.6 is 0 Å². The average molecular weight is 468 g/mol. The molecule has 2 aromatic heterocycles. The predicted molar refractivity (Wildman–Crippen MR) is 116 cm³/mol. The molecule has 12 heteroatoms. The number of aryl methyl sites for hydroxylation is 2. The summed E-state index contributed by atoms with van der Waals surface area (Å²) < 4.78 is 33.7. The first-order valence-electron chi connectivity index (χ1n) is 10.1. The maximum absolute atomic E-state index is 13.6. The van der Waals surface area contributed by atoms with Gasteiger partial charge in [0.1, 0.15) is 11.6 Å². The van der Waals surface area contributed by atoms with Crippen molar-refractivity contribution < 1.29 is 18.1 Å². The van der Waals surface area contributed by atoms with Gasteiger partial charge in [0.15, 0.2) is 5.69 Å². The molecule has 34 heavy (non-hydrogen) atoms. The van der Waals surface area contributed by atoms with Gasteiger partial charge in [0.05, 0.1) is 5.69 Å². The minimum absolute atomic E-state index is 0.0440. The van der Waals surface area contributed by atoms with Crippen LogP contribution in [-0.2, 0) is 18.3 Å². The van der Waals surface area contributed by atoms with Crippen molar-refractivity contribution in [2.75, 3.05) is 5.32 Å². The van der Waals surface area contributed by atoms with Crippen LogP contribution in [0.2, 0.25) is 0 Å². The van der Waals surface area contributed by atoms with Gasteiger partial charge in [-0.2, -0.15) is 14.8 Å². The number of carbonyl (C=O) groups excluding carboxylic acids is 1. The van der Waals surface area contributed by atoms with E-state index in [0.29, 0.717) is 11.3 Å².